The Morgan fingerprint density at radius 1 is 1.40 bits per heavy atom. The van der Waals surface area contributed by atoms with Gasteiger partial charge in [0, 0.05) is 11.7 Å². The van der Waals surface area contributed by atoms with Gasteiger partial charge in [-0.15, -0.1) is 0 Å². The molecular weight excluding hydrogens is 252 g/mol. The molecule has 0 aromatic heterocycles. The third kappa shape index (κ3) is 3.76. The molecule has 0 saturated heterocycles. The number of benzene rings is 1. The highest BCUT2D eigenvalue weighted by atomic mass is 16.6. The van der Waals surface area contributed by atoms with Gasteiger partial charge in [0.1, 0.15) is 6.10 Å². The van der Waals surface area contributed by atoms with Gasteiger partial charge in [-0.2, -0.15) is 0 Å². The van der Waals surface area contributed by atoms with Crippen molar-refractivity contribution in [2.45, 2.75) is 44.8 Å². The van der Waals surface area contributed by atoms with E-state index in [4.69, 9.17) is 10.5 Å². The molecular formula is C16H22N2O2. The zero-order valence-electron chi connectivity index (χ0n) is 11.9. The molecule has 0 aliphatic heterocycles. The van der Waals surface area contributed by atoms with Crippen molar-refractivity contribution in [3.63, 3.8) is 0 Å². The van der Waals surface area contributed by atoms with E-state index in [2.05, 4.69) is 37.0 Å². The Labute approximate surface area is 120 Å². The molecule has 0 spiro atoms. The Morgan fingerprint density at radius 3 is 2.65 bits per heavy atom. The van der Waals surface area contributed by atoms with Gasteiger partial charge in [0.25, 0.3) is 0 Å². The molecule has 108 valence electrons. The molecule has 3 N–H and O–H groups in total. The molecule has 0 radical (unpaired) electrons. The number of carbonyl (C=O) groups excluding carboxylic acids is 1. The Hall–Kier alpha value is -1.97. The maximum absolute atomic E-state index is 10.7. The number of anilines is 1. The van der Waals surface area contributed by atoms with Gasteiger partial charge in [-0.05, 0) is 55.9 Å². The van der Waals surface area contributed by atoms with Crippen molar-refractivity contribution in [1.82, 2.24) is 0 Å². The van der Waals surface area contributed by atoms with Crippen molar-refractivity contribution in [2.24, 2.45) is 5.73 Å². The lowest BCUT2D eigenvalue weighted by Crippen LogP contribution is -2.32. The Kier molecular flexibility index (Phi) is 4.66. The lowest BCUT2D eigenvalue weighted by atomic mass is 9.92. The van der Waals surface area contributed by atoms with Gasteiger partial charge >= 0.3 is 6.09 Å². The van der Waals surface area contributed by atoms with Crippen LogP contribution in [-0.4, -0.2) is 18.2 Å². The van der Waals surface area contributed by atoms with Crippen LogP contribution in [-0.2, 0) is 4.74 Å². The molecule has 20 heavy (non-hydrogen) atoms. The predicted molar refractivity (Wildman–Crippen MR) is 81.6 cm³/mol. The lowest BCUT2D eigenvalue weighted by Gasteiger charge is -2.29. The zero-order valence-corrected chi connectivity index (χ0v) is 11.9. The van der Waals surface area contributed by atoms with Gasteiger partial charge in [0.05, 0.1) is 0 Å². The maximum Gasteiger partial charge on any atom is 0.404 e. The number of rotatable bonds is 4. The summed E-state index contributed by atoms with van der Waals surface area (Å²) in [7, 11) is 0. The third-order valence-electron chi connectivity index (χ3n) is 3.82. The highest BCUT2D eigenvalue weighted by Gasteiger charge is 2.23. The number of amides is 1. The van der Waals surface area contributed by atoms with Crippen LogP contribution >= 0.6 is 0 Å². The van der Waals surface area contributed by atoms with Crippen molar-refractivity contribution in [3.05, 3.63) is 35.9 Å². The second-order valence-corrected chi connectivity index (χ2v) is 5.33. The SMILES string of the molecule is C=Cc1ccc(NC2CCC(OC(N)=O)CC2)cc1C. The second-order valence-electron chi connectivity index (χ2n) is 5.33. The summed E-state index contributed by atoms with van der Waals surface area (Å²) in [6.45, 7) is 5.88. The molecule has 0 heterocycles. The summed E-state index contributed by atoms with van der Waals surface area (Å²) in [5.74, 6) is 0. The van der Waals surface area contributed by atoms with Gasteiger partial charge in [0.15, 0.2) is 0 Å². The van der Waals surface area contributed by atoms with Crippen molar-refractivity contribution < 1.29 is 9.53 Å². The minimum atomic E-state index is -0.669. The first kappa shape index (κ1) is 14.4. The summed E-state index contributed by atoms with van der Waals surface area (Å²) in [5, 5.41) is 3.54. The second kappa shape index (κ2) is 6.46. The fraction of sp³-hybridized carbons (Fsp3) is 0.438. The summed E-state index contributed by atoms with van der Waals surface area (Å²) >= 11 is 0. The average Bonchev–Trinajstić information content (AvgIpc) is 2.41. The summed E-state index contributed by atoms with van der Waals surface area (Å²) in [4.78, 5) is 10.7. The van der Waals surface area contributed by atoms with E-state index in [1.165, 1.54) is 5.56 Å². The topological polar surface area (TPSA) is 64.3 Å². The monoisotopic (exact) mass is 274 g/mol. The number of hydrogen-bond acceptors (Lipinski definition) is 3. The number of nitrogens with two attached hydrogens (primary N) is 1. The molecule has 1 aromatic carbocycles. The minimum absolute atomic E-state index is 0.0181. The molecule has 4 nitrogen and oxygen atoms in total. The predicted octanol–water partition coefficient (Wildman–Crippen LogP) is 3.46. The summed E-state index contributed by atoms with van der Waals surface area (Å²) < 4.78 is 5.04. The van der Waals surface area contributed by atoms with Crippen molar-refractivity contribution in [3.8, 4) is 0 Å². The summed E-state index contributed by atoms with van der Waals surface area (Å²) in [6, 6.07) is 6.72. The molecule has 0 bridgehead atoms. The van der Waals surface area contributed by atoms with Gasteiger partial charge in [-0.3, -0.25) is 0 Å². The highest BCUT2D eigenvalue weighted by Crippen LogP contribution is 2.25. The van der Waals surface area contributed by atoms with Crippen LogP contribution < -0.4 is 11.1 Å². The number of nitrogens with one attached hydrogen (secondary N) is 1. The van der Waals surface area contributed by atoms with Crippen LogP contribution in [0.2, 0.25) is 0 Å². The van der Waals surface area contributed by atoms with Crippen LogP contribution in [0.1, 0.15) is 36.8 Å². The van der Waals surface area contributed by atoms with Gasteiger partial charge in [-0.1, -0.05) is 18.7 Å². The van der Waals surface area contributed by atoms with E-state index < -0.39 is 6.09 Å². The largest absolute Gasteiger partial charge is 0.446 e. The molecule has 0 atom stereocenters. The Bertz CT molecular complexity index is 491. The van der Waals surface area contributed by atoms with E-state index in [0.29, 0.717) is 6.04 Å². The molecule has 4 heteroatoms. The van der Waals surface area contributed by atoms with E-state index >= 15 is 0 Å². The number of aryl methyl sites for hydroxylation is 1. The fourth-order valence-electron chi connectivity index (χ4n) is 2.72. The third-order valence-corrected chi connectivity index (χ3v) is 3.82. The zero-order chi connectivity index (χ0) is 14.5. The molecule has 1 fully saturated rings. The highest BCUT2D eigenvalue weighted by molar-refractivity contribution is 5.64. The number of carbonyl (C=O) groups is 1. The first-order valence-corrected chi connectivity index (χ1v) is 7.04. The lowest BCUT2D eigenvalue weighted by molar-refractivity contribution is 0.0806. The average molecular weight is 274 g/mol. The Balaban J connectivity index is 1.87. The molecule has 0 unspecified atom stereocenters. The normalized spacial score (nSPS) is 22.1. The molecule has 1 aromatic rings. The number of ether oxygens (including phenoxy) is 1. The standard InChI is InChI=1S/C16H22N2O2/c1-3-12-4-5-14(10-11(12)2)18-13-6-8-15(9-7-13)20-16(17)19/h3-5,10,13,15,18H,1,6-9H2,2H3,(H2,17,19). The van der Waals surface area contributed by atoms with Crippen molar-refractivity contribution in [1.29, 1.82) is 0 Å². The fourth-order valence-corrected chi connectivity index (χ4v) is 2.72. The number of primary amides is 1. The van der Waals surface area contributed by atoms with Crippen LogP contribution in [0.15, 0.2) is 24.8 Å². The van der Waals surface area contributed by atoms with Crippen molar-refractivity contribution >= 4 is 17.9 Å². The van der Waals surface area contributed by atoms with E-state index in [1.807, 2.05) is 6.08 Å². The maximum atomic E-state index is 10.7. The molecule has 1 aliphatic rings. The molecule has 1 aliphatic carbocycles. The van der Waals surface area contributed by atoms with E-state index in [1.54, 1.807) is 0 Å². The quantitative estimate of drug-likeness (QED) is 0.883. The van der Waals surface area contributed by atoms with E-state index in [9.17, 15) is 4.79 Å². The van der Waals surface area contributed by atoms with Crippen LogP contribution in [0.3, 0.4) is 0 Å². The van der Waals surface area contributed by atoms with Crippen LogP contribution in [0.4, 0.5) is 10.5 Å². The van der Waals surface area contributed by atoms with E-state index in [0.717, 1.165) is 36.9 Å². The molecule has 1 amide bonds. The van der Waals surface area contributed by atoms with Crippen LogP contribution in [0, 0.1) is 6.92 Å². The summed E-state index contributed by atoms with van der Waals surface area (Å²) in [5.41, 5.74) is 8.55. The molecule has 2 rings (SSSR count). The minimum Gasteiger partial charge on any atom is -0.446 e. The van der Waals surface area contributed by atoms with Gasteiger partial charge in [-0.25, -0.2) is 4.79 Å². The van der Waals surface area contributed by atoms with Gasteiger partial charge < -0.3 is 15.8 Å². The summed E-state index contributed by atoms with van der Waals surface area (Å²) in [6.07, 6.45) is 4.88. The first-order valence-electron chi connectivity index (χ1n) is 7.04. The van der Waals surface area contributed by atoms with Crippen LogP contribution in [0.25, 0.3) is 6.08 Å². The Morgan fingerprint density at radius 2 is 2.10 bits per heavy atom. The van der Waals surface area contributed by atoms with Crippen LogP contribution in [0.5, 0.6) is 0 Å². The number of hydrogen-bond donors (Lipinski definition) is 2. The first-order chi connectivity index (χ1) is 9.58. The van der Waals surface area contributed by atoms with Gasteiger partial charge in [0.2, 0.25) is 0 Å². The molecule has 1 saturated carbocycles. The smallest absolute Gasteiger partial charge is 0.404 e. The van der Waals surface area contributed by atoms with E-state index in [-0.39, 0.29) is 6.10 Å². The van der Waals surface area contributed by atoms with Crippen molar-refractivity contribution in [2.75, 3.05) is 5.32 Å².